The number of rotatable bonds is 22. The molecule has 0 saturated heterocycles. The van der Waals surface area contributed by atoms with Gasteiger partial charge in [-0.1, -0.05) is 105 Å². The van der Waals surface area contributed by atoms with Crippen LogP contribution in [0.4, 0.5) is 11.4 Å². The highest BCUT2D eigenvalue weighted by molar-refractivity contribution is 5.98. The first-order chi connectivity index (χ1) is 31.2. The van der Waals surface area contributed by atoms with Crippen molar-refractivity contribution in [1.82, 2.24) is 0 Å². The number of hydrogen-bond donors (Lipinski definition) is 2. The minimum atomic E-state index is -0.793. The number of hydrogen-bond acceptors (Lipinski definition) is 12. The number of nitriles is 2. The monoisotopic (exact) mass is 860 g/mol. The molecule has 1 saturated carbocycles. The van der Waals surface area contributed by atoms with E-state index in [1.807, 2.05) is 60.7 Å². The predicted octanol–water partition coefficient (Wildman–Crippen LogP) is 8.60. The summed E-state index contributed by atoms with van der Waals surface area (Å²) >= 11 is 0. The van der Waals surface area contributed by atoms with Crippen LogP contribution in [0.15, 0.2) is 134 Å². The van der Waals surface area contributed by atoms with Crippen LogP contribution in [0.3, 0.4) is 0 Å². The molecule has 0 heterocycles. The van der Waals surface area contributed by atoms with Crippen molar-refractivity contribution < 1.29 is 38.1 Å². The molecule has 1 aliphatic rings. The van der Waals surface area contributed by atoms with Crippen molar-refractivity contribution in [2.45, 2.75) is 50.4 Å². The summed E-state index contributed by atoms with van der Waals surface area (Å²) in [5.74, 6) is -2.82. The lowest BCUT2D eigenvalue weighted by molar-refractivity contribution is -0.146. The van der Waals surface area contributed by atoms with Crippen LogP contribution in [0, 0.1) is 22.7 Å². The van der Waals surface area contributed by atoms with Crippen LogP contribution in [0.2, 0.25) is 0 Å². The van der Waals surface area contributed by atoms with Crippen molar-refractivity contribution in [2.75, 3.05) is 50.2 Å². The van der Waals surface area contributed by atoms with Crippen molar-refractivity contribution in [2.24, 2.45) is 0 Å². The van der Waals surface area contributed by atoms with Gasteiger partial charge in [0.2, 0.25) is 0 Å². The van der Waals surface area contributed by atoms with Gasteiger partial charge in [0.05, 0.1) is 0 Å². The van der Waals surface area contributed by atoms with E-state index in [1.54, 1.807) is 0 Å². The topological polar surface area (TPSA) is 177 Å². The van der Waals surface area contributed by atoms with E-state index in [1.165, 1.54) is 53.7 Å². The predicted molar refractivity (Wildman–Crippen MR) is 245 cm³/mol. The van der Waals surface area contributed by atoms with Gasteiger partial charge in [0, 0.05) is 42.0 Å². The van der Waals surface area contributed by atoms with Gasteiger partial charge < -0.3 is 29.6 Å². The third kappa shape index (κ3) is 14.2. The van der Waals surface area contributed by atoms with Crippen LogP contribution in [0.1, 0.15) is 65.5 Å². The van der Waals surface area contributed by atoms with Crippen molar-refractivity contribution in [3.05, 3.63) is 167 Å². The van der Waals surface area contributed by atoms with E-state index in [0.29, 0.717) is 11.1 Å². The molecule has 0 atom stereocenters. The molecular weight excluding hydrogens is 809 g/mol. The molecule has 0 radical (unpaired) electrons. The van der Waals surface area contributed by atoms with Gasteiger partial charge in [-0.25, -0.2) is 19.2 Å². The molecule has 0 spiro atoms. The molecule has 0 amide bonds. The zero-order chi connectivity index (χ0) is 45.6. The van der Waals surface area contributed by atoms with E-state index in [-0.39, 0.29) is 43.0 Å². The van der Waals surface area contributed by atoms with Crippen LogP contribution >= 0.6 is 0 Å². The van der Waals surface area contributed by atoms with Gasteiger partial charge in [0.25, 0.3) is 0 Å². The highest BCUT2D eigenvalue weighted by Gasteiger charge is 2.35. The zero-order valence-electron chi connectivity index (χ0n) is 35.8. The van der Waals surface area contributed by atoms with E-state index < -0.39 is 23.9 Å². The fraction of sp³-hybridized carbons (Fsp3) is 0.269. The van der Waals surface area contributed by atoms with Gasteiger partial charge >= 0.3 is 23.9 Å². The highest BCUT2D eigenvalue weighted by Crippen LogP contribution is 2.45. The fourth-order valence-electron chi connectivity index (χ4n) is 7.41. The Labute approximate surface area is 374 Å². The number of nitrogens with one attached hydrogen (secondary N) is 2. The number of nitrogens with zero attached hydrogens (tertiary/aromatic N) is 2. The number of carbonyl (C=O) groups is 4. The SMILES string of the molecule is C=CC(=O)OCCOC(=O)/C(C#N)=C/c1ccc(NCCc2ccc(C3(c4ccc(CCNc5ccc(/C=C(\C#N)C(=O)OCCOC(=O)C=C)cc5)cc4)CCCCC3)cc2)cc1. The van der Waals surface area contributed by atoms with Gasteiger partial charge in [-0.2, -0.15) is 10.5 Å². The highest BCUT2D eigenvalue weighted by atomic mass is 16.6. The van der Waals surface area contributed by atoms with Crippen LogP contribution in [0.5, 0.6) is 0 Å². The fourth-order valence-corrected chi connectivity index (χ4v) is 7.41. The molecule has 0 bridgehead atoms. The second kappa shape index (κ2) is 24.7. The smallest absolute Gasteiger partial charge is 0.349 e. The van der Waals surface area contributed by atoms with Crippen LogP contribution in [0.25, 0.3) is 12.2 Å². The molecule has 5 rings (SSSR count). The Morgan fingerprint density at radius 2 is 0.922 bits per heavy atom. The summed E-state index contributed by atoms with van der Waals surface area (Å²) in [6.07, 6.45) is 12.5. The lowest BCUT2D eigenvalue weighted by Crippen LogP contribution is -2.30. The first kappa shape index (κ1) is 47.4. The normalized spacial score (nSPS) is 13.2. The third-order valence-electron chi connectivity index (χ3n) is 10.8. The van der Waals surface area contributed by atoms with E-state index in [0.717, 1.165) is 62.3 Å². The molecule has 12 nitrogen and oxygen atoms in total. The maximum Gasteiger partial charge on any atom is 0.349 e. The largest absolute Gasteiger partial charge is 0.459 e. The molecule has 0 unspecified atom stereocenters. The van der Waals surface area contributed by atoms with Crippen molar-refractivity contribution in [3.8, 4) is 12.1 Å². The Hall–Kier alpha value is -7.70. The Morgan fingerprint density at radius 1 is 0.547 bits per heavy atom. The molecule has 328 valence electrons. The quantitative estimate of drug-likeness (QED) is 0.0253. The van der Waals surface area contributed by atoms with Crippen LogP contribution in [-0.2, 0) is 56.4 Å². The molecule has 64 heavy (non-hydrogen) atoms. The second-order valence-electron chi connectivity index (χ2n) is 15.0. The summed E-state index contributed by atoms with van der Waals surface area (Å²) in [5, 5.41) is 25.8. The maximum absolute atomic E-state index is 12.3. The van der Waals surface area contributed by atoms with Crippen molar-refractivity contribution >= 4 is 47.4 Å². The Kier molecular flexibility index (Phi) is 18.3. The summed E-state index contributed by atoms with van der Waals surface area (Å²) in [6.45, 7) is 7.47. The van der Waals surface area contributed by atoms with Gasteiger partial charge in [-0.15, -0.1) is 0 Å². The first-order valence-corrected chi connectivity index (χ1v) is 21.2. The molecule has 1 aliphatic carbocycles. The van der Waals surface area contributed by atoms with Crippen LogP contribution in [-0.4, -0.2) is 63.4 Å². The van der Waals surface area contributed by atoms with E-state index in [2.05, 4.69) is 72.3 Å². The van der Waals surface area contributed by atoms with Crippen molar-refractivity contribution in [3.63, 3.8) is 0 Å². The summed E-state index contributed by atoms with van der Waals surface area (Å²) < 4.78 is 19.6. The van der Waals surface area contributed by atoms with Gasteiger partial charge in [-0.3, -0.25) is 0 Å². The van der Waals surface area contributed by atoms with E-state index >= 15 is 0 Å². The number of esters is 4. The molecule has 2 N–H and O–H groups in total. The minimum absolute atomic E-state index is 0.0248. The maximum atomic E-state index is 12.3. The molecular formula is C52H52N4O8. The van der Waals surface area contributed by atoms with Gasteiger partial charge in [0.1, 0.15) is 49.7 Å². The van der Waals surface area contributed by atoms with E-state index in [9.17, 15) is 29.7 Å². The Balaban J connectivity index is 1.09. The van der Waals surface area contributed by atoms with Crippen LogP contribution < -0.4 is 10.6 Å². The number of ether oxygens (including phenoxy) is 4. The lowest BCUT2D eigenvalue weighted by atomic mass is 9.65. The molecule has 12 heteroatoms. The average Bonchev–Trinajstić information content (AvgIpc) is 3.33. The Morgan fingerprint density at radius 3 is 1.28 bits per heavy atom. The zero-order valence-corrected chi connectivity index (χ0v) is 35.8. The standard InChI is InChI=1S/C52H52N4O8/c1-3-48(57)61-30-32-63-50(59)42(36-53)34-40-12-20-46(21-13-40)55-28-24-38-8-16-44(17-9-38)52(26-6-5-7-27-52)45-18-10-39(11-19-45)25-29-56-47-22-14-41(15-23-47)35-43(37-54)51(60)64-33-31-62-49(58)4-2/h3-4,8-23,34-35,55-56H,1-2,5-7,24-33H2/b42-34+,43-35+. The third-order valence-corrected chi connectivity index (χ3v) is 10.8. The molecule has 4 aromatic carbocycles. The van der Waals surface area contributed by atoms with Gasteiger partial charge in [-0.05, 0) is 95.5 Å². The summed E-state index contributed by atoms with van der Waals surface area (Å²) in [7, 11) is 0. The number of benzene rings is 4. The average molecular weight is 861 g/mol. The molecule has 0 aliphatic heterocycles. The van der Waals surface area contributed by atoms with E-state index in [4.69, 9.17) is 18.9 Å². The lowest BCUT2D eigenvalue weighted by Gasteiger charge is -2.39. The summed E-state index contributed by atoms with van der Waals surface area (Å²) in [5.41, 5.74) is 8.01. The number of anilines is 2. The molecule has 4 aromatic rings. The molecule has 1 fully saturated rings. The first-order valence-electron chi connectivity index (χ1n) is 21.2. The number of carbonyl (C=O) groups excluding carboxylic acids is 4. The summed E-state index contributed by atoms with van der Waals surface area (Å²) in [4.78, 5) is 46.8. The minimum Gasteiger partial charge on any atom is -0.459 e. The van der Waals surface area contributed by atoms with Gasteiger partial charge in [0.15, 0.2) is 0 Å². The summed E-state index contributed by atoms with van der Waals surface area (Å²) in [6, 6.07) is 36.7. The Bertz CT molecular complexity index is 2220. The second-order valence-corrected chi connectivity index (χ2v) is 15.0. The van der Waals surface area contributed by atoms with Crippen molar-refractivity contribution in [1.29, 1.82) is 10.5 Å². The molecule has 0 aromatic heterocycles.